The molecule has 1 N–H and O–H groups in total. The van der Waals surface area contributed by atoms with Gasteiger partial charge in [-0.25, -0.2) is 4.79 Å². The van der Waals surface area contributed by atoms with E-state index >= 15 is 0 Å². The van der Waals surface area contributed by atoms with Gasteiger partial charge in [-0.15, -0.1) is 0 Å². The van der Waals surface area contributed by atoms with Gasteiger partial charge in [0.25, 0.3) is 11.7 Å². The number of aliphatic hydroxyl groups is 1. The summed E-state index contributed by atoms with van der Waals surface area (Å²) >= 11 is 0. The summed E-state index contributed by atoms with van der Waals surface area (Å²) in [6, 6.07) is 11.9. The minimum absolute atomic E-state index is 0.147. The van der Waals surface area contributed by atoms with Crippen LogP contribution in [0.25, 0.3) is 5.76 Å². The number of hydrogen-bond acceptors (Lipinski definition) is 7. The topological polar surface area (TPSA) is 106 Å². The second kappa shape index (κ2) is 8.90. The van der Waals surface area contributed by atoms with Crippen LogP contribution in [0.15, 0.2) is 64.8 Å². The molecular weight excluding hydrogens is 438 g/mol. The smallest absolute Gasteiger partial charge is 0.337 e. The molecule has 8 nitrogen and oxygen atoms in total. The summed E-state index contributed by atoms with van der Waals surface area (Å²) in [6.45, 7) is 3.67. The van der Waals surface area contributed by atoms with Gasteiger partial charge in [0.2, 0.25) is 0 Å². The molecule has 4 rings (SSSR count). The number of furan rings is 1. The number of carbonyl (C=O) groups is 3. The van der Waals surface area contributed by atoms with E-state index in [-0.39, 0.29) is 33.9 Å². The van der Waals surface area contributed by atoms with Gasteiger partial charge in [-0.3, -0.25) is 14.5 Å². The van der Waals surface area contributed by atoms with E-state index in [0.717, 1.165) is 11.1 Å². The molecule has 1 saturated heterocycles. The molecule has 1 unspecified atom stereocenters. The maximum Gasteiger partial charge on any atom is 0.337 e. The molecule has 2 aromatic carbocycles. The molecular formula is C26H23NO7. The maximum absolute atomic E-state index is 13.3. The van der Waals surface area contributed by atoms with Gasteiger partial charge in [-0.1, -0.05) is 12.1 Å². The molecule has 0 spiro atoms. The predicted molar refractivity (Wildman–Crippen MR) is 124 cm³/mol. The lowest BCUT2D eigenvalue weighted by atomic mass is 9.96. The van der Waals surface area contributed by atoms with Crippen molar-refractivity contribution >= 4 is 29.1 Å². The normalized spacial score (nSPS) is 17.2. The SMILES string of the molecule is COC(=O)c1cccc(N2C(=O)C(=O)/C(=C(\O)c3cc(C)cc(C)c3OC)C2c2ccco2)c1. The number of amides is 1. The third kappa shape index (κ3) is 3.73. The number of methoxy groups -OCH3 is 2. The predicted octanol–water partition coefficient (Wildman–Crippen LogP) is 4.32. The van der Waals surface area contributed by atoms with Gasteiger partial charge in [-0.2, -0.15) is 0 Å². The Morgan fingerprint density at radius 1 is 1.06 bits per heavy atom. The highest BCUT2D eigenvalue weighted by Crippen LogP contribution is 2.44. The molecule has 3 aromatic rings. The summed E-state index contributed by atoms with van der Waals surface area (Å²) < 4.78 is 15.8. The van der Waals surface area contributed by atoms with Crippen molar-refractivity contribution in [3.8, 4) is 5.75 Å². The van der Waals surface area contributed by atoms with Crippen LogP contribution in [0, 0.1) is 13.8 Å². The zero-order chi connectivity index (χ0) is 24.6. The van der Waals surface area contributed by atoms with E-state index in [2.05, 4.69) is 0 Å². The summed E-state index contributed by atoms with van der Waals surface area (Å²) in [7, 11) is 2.72. The largest absolute Gasteiger partial charge is 0.507 e. The van der Waals surface area contributed by atoms with Crippen molar-refractivity contribution in [2.75, 3.05) is 19.1 Å². The van der Waals surface area contributed by atoms with Gasteiger partial charge in [-0.05, 0) is 61.4 Å². The van der Waals surface area contributed by atoms with E-state index in [1.54, 1.807) is 30.3 Å². The number of ketones is 1. The van der Waals surface area contributed by atoms with Gasteiger partial charge in [0.1, 0.15) is 23.3 Å². The molecule has 8 heteroatoms. The number of carbonyl (C=O) groups excluding carboxylic acids is 3. The van der Waals surface area contributed by atoms with Crippen molar-refractivity contribution in [2.24, 2.45) is 0 Å². The molecule has 174 valence electrons. The molecule has 1 aromatic heterocycles. The van der Waals surface area contributed by atoms with Crippen LogP contribution in [0.5, 0.6) is 5.75 Å². The molecule has 0 radical (unpaired) electrons. The highest BCUT2D eigenvalue weighted by molar-refractivity contribution is 6.51. The Morgan fingerprint density at radius 2 is 1.82 bits per heavy atom. The van der Waals surface area contributed by atoms with Crippen LogP contribution < -0.4 is 9.64 Å². The monoisotopic (exact) mass is 461 g/mol. The van der Waals surface area contributed by atoms with E-state index in [1.165, 1.54) is 37.5 Å². The number of aliphatic hydroxyl groups excluding tert-OH is 1. The highest BCUT2D eigenvalue weighted by Gasteiger charge is 2.48. The van der Waals surface area contributed by atoms with Gasteiger partial charge >= 0.3 is 5.97 Å². The van der Waals surface area contributed by atoms with E-state index in [1.807, 2.05) is 19.9 Å². The third-order valence-corrected chi connectivity index (χ3v) is 5.68. The molecule has 1 atom stereocenters. The number of nitrogens with zero attached hydrogens (tertiary/aromatic N) is 1. The van der Waals surface area contributed by atoms with Gasteiger partial charge in [0.15, 0.2) is 0 Å². The van der Waals surface area contributed by atoms with Crippen LogP contribution in [0.2, 0.25) is 0 Å². The van der Waals surface area contributed by atoms with E-state index in [9.17, 15) is 19.5 Å². The molecule has 34 heavy (non-hydrogen) atoms. The number of benzene rings is 2. The molecule has 2 heterocycles. The van der Waals surface area contributed by atoms with Crippen LogP contribution in [0.3, 0.4) is 0 Å². The van der Waals surface area contributed by atoms with E-state index in [0.29, 0.717) is 5.75 Å². The minimum Gasteiger partial charge on any atom is -0.507 e. The van der Waals surface area contributed by atoms with E-state index in [4.69, 9.17) is 13.9 Å². The second-order valence-corrected chi connectivity index (χ2v) is 7.89. The zero-order valence-electron chi connectivity index (χ0n) is 19.1. The van der Waals surface area contributed by atoms with Crippen LogP contribution in [0.4, 0.5) is 5.69 Å². The fourth-order valence-electron chi connectivity index (χ4n) is 4.26. The van der Waals surface area contributed by atoms with Crippen molar-refractivity contribution in [1.29, 1.82) is 0 Å². The first-order chi connectivity index (χ1) is 16.3. The fourth-order valence-corrected chi connectivity index (χ4v) is 4.26. The van der Waals surface area contributed by atoms with Gasteiger partial charge in [0, 0.05) is 5.69 Å². The van der Waals surface area contributed by atoms with Crippen molar-refractivity contribution in [3.05, 3.63) is 88.4 Å². The maximum atomic E-state index is 13.3. The van der Waals surface area contributed by atoms with Crippen molar-refractivity contribution in [1.82, 2.24) is 0 Å². The summed E-state index contributed by atoms with van der Waals surface area (Å²) in [5.74, 6) is -2.06. The first-order valence-electron chi connectivity index (χ1n) is 10.5. The Labute approximate surface area is 196 Å². The number of ether oxygens (including phenoxy) is 2. The molecule has 0 aliphatic carbocycles. The summed E-state index contributed by atoms with van der Waals surface area (Å²) in [4.78, 5) is 39.8. The number of aryl methyl sites for hydroxylation is 2. The van der Waals surface area contributed by atoms with Crippen molar-refractivity contribution in [3.63, 3.8) is 0 Å². The Kier molecular flexibility index (Phi) is 5.98. The standard InChI is InChI=1S/C26H23NO7/c1-14-11-15(2)24(32-3)18(12-14)22(28)20-21(19-9-6-10-34-19)27(25(30)23(20)29)17-8-5-7-16(13-17)26(31)33-4/h5-13,21,28H,1-4H3/b22-20-. The van der Waals surface area contributed by atoms with E-state index < -0.39 is 23.7 Å². The summed E-state index contributed by atoms with van der Waals surface area (Å²) in [5, 5.41) is 11.4. The zero-order valence-corrected chi connectivity index (χ0v) is 19.1. The van der Waals surface area contributed by atoms with Crippen LogP contribution >= 0.6 is 0 Å². The van der Waals surface area contributed by atoms with Crippen molar-refractivity contribution in [2.45, 2.75) is 19.9 Å². The van der Waals surface area contributed by atoms with Crippen LogP contribution in [-0.4, -0.2) is 37.0 Å². The summed E-state index contributed by atoms with van der Waals surface area (Å²) in [5.41, 5.74) is 2.23. The second-order valence-electron chi connectivity index (χ2n) is 7.89. The highest BCUT2D eigenvalue weighted by atomic mass is 16.5. The number of hydrogen-bond donors (Lipinski definition) is 1. The lowest BCUT2D eigenvalue weighted by Gasteiger charge is -2.24. The Hall–Kier alpha value is -4.33. The molecule has 1 aliphatic heterocycles. The average Bonchev–Trinajstić information content (AvgIpc) is 3.44. The number of esters is 1. The molecule has 0 saturated carbocycles. The molecule has 1 fully saturated rings. The molecule has 0 bridgehead atoms. The lowest BCUT2D eigenvalue weighted by Crippen LogP contribution is -2.29. The third-order valence-electron chi connectivity index (χ3n) is 5.68. The van der Waals surface area contributed by atoms with Crippen molar-refractivity contribution < 1.29 is 33.4 Å². The first kappa shape index (κ1) is 22.8. The number of Topliss-reactive ketones (excluding diaryl/α,β-unsaturated/α-hetero) is 1. The average molecular weight is 461 g/mol. The van der Waals surface area contributed by atoms with Crippen LogP contribution in [-0.2, 0) is 14.3 Å². The lowest BCUT2D eigenvalue weighted by molar-refractivity contribution is -0.132. The van der Waals surface area contributed by atoms with Gasteiger partial charge < -0.3 is 19.0 Å². The van der Waals surface area contributed by atoms with Crippen LogP contribution in [0.1, 0.15) is 38.9 Å². The number of rotatable bonds is 5. The Bertz CT molecular complexity index is 1320. The quantitative estimate of drug-likeness (QED) is 0.261. The first-order valence-corrected chi connectivity index (χ1v) is 10.5. The molecule has 1 amide bonds. The minimum atomic E-state index is -1.06. The fraction of sp³-hybridized carbons (Fsp3) is 0.192. The molecule has 1 aliphatic rings. The Morgan fingerprint density at radius 3 is 2.47 bits per heavy atom. The Balaban J connectivity index is 1.96. The van der Waals surface area contributed by atoms with Gasteiger partial charge in [0.05, 0.1) is 37.2 Å². The number of anilines is 1. The summed E-state index contributed by atoms with van der Waals surface area (Å²) in [6.07, 6.45) is 1.41.